The summed E-state index contributed by atoms with van der Waals surface area (Å²) in [5.41, 5.74) is 0. The Morgan fingerprint density at radius 1 is 1.44 bits per heavy atom. The normalized spacial score (nSPS) is 39.6. The van der Waals surface area contributed by atoms with Gasteiger partial charge in [-0.15, -0.1) is 0 Å². The van der Waals surface area contributed by atoms with E-state index in [2.05, 4.69) is 17.6 Å². The average Bonchev–Trinajstić information content (AvgIpc) is 2.68. The topological polar surface area (TPSA) is 50.4 Å². The van der Waals surface area contributed by atoms with Gasteiger partial charge in [0.05, 0.1) is 18.6 Å². The van der Waals surface area contributed by atoms with Crippen LogP contribution in [0.1, 0.15) is 26.7 Å². The Kier molecular flexibility index (Phi) is 3.82. The van der Waals surface area contributed by atoms with Gasteiger partial charge in [-0.2, -0.15) is 0 Å². The molecule has 2 aliphatic rings. The number of amides is 1. The standard InChI is InChI=1S/C12H22N2O2/c1-8-3-4-13-6-11(8)14-12(15)10-5-9(2)16-7-10/h8-11,13H,3-7H2,1-2H3,(H,14,15). The minimum atomic E-state index is 0.0594. The van der Waals surface area contributed by atoms with Crippen molar-refractivity contribution in [1.29, 1.82) is 0 Å². The van der Waals surface area contributed by atoms with Gasteiger partial charge in [-0.3, -0.25) is 4.79 Å². The van der Waals surface area contributed by atoms with Crippen LogP contribution in [-0.4, -0.2) is 37.7 Å². The molecule has 92 valence electrons. The highest BCUT2D eigenvalue weighted by atomic mass is 16.5. The molecule has 4 unspecified atom stereocenters. The van der Waals surface area contributed by atoms with Crippen LogP contribution < -0.4 is 10.6 Å². The summed E-state index contributed by atoms with van der Waals surface area (Å²) in [6, 6.07) is 0.289. The minimum Gasteiger partial charge on any atom is -0.378 e. The van der Waals surface area contributed by atoms with E-state index in [4.69, 9.17) is 4.74 Å². The first-order chi connectivity index (χ1) is 7.66. The maximum absolute atomic E-state index is 12.0. The summed E-state index contributed by atoms with van der Waals surface area (Å²) in [4.78, 5) is 12.0. The Balaban J connectivity index is 1.82. The average molecular weight is 226 g/mol. The van der Waals surface area contributed by atoms with Crippen molar-refractivity contribution in [3.05, 3.63) is 0 Å². The Bertz CT molecular complexity index is 257. The molecular weight excluding hydrogens is 204 g/mol. The Morgan fingerprint density at radius 3 is 2.88 bits per heavy atom. The monoisotopic (exact) mass is 226 g/mol. The first kappa shape index (κ1) is 11.9. The predicted molar refractivity (Wildman–Crippen MR) is 62.1 cm³/mol. The zero-order valence-corrected chi connectivity index (χ0v) is 10.2. The highest BCUT2D eigenvalue weighted by Gasteiger charge is 2.31. The van der Waals surface area contributed by atoms with Gasteiger partial charge in [0.2, 0.25) is 5.91 Å². The number of carbonyl (C=O) groups is 1. The van der Waals surface area contributed by atoms with Gasteiger partial charge in [-0.1, -0.05) is 6.92 Å². The minimum absolute atomic E-state index is 0.0594. The summed E-state index contributed by atoms with van der Waals surface area (Å²) >= 11 is 0. The third-order valence-electron chi connectivity index (χ3n) is 3.72. The quantitative estimate of drug-likeness (QED) is 0.722. The molecule has 0 aromatic rings. The van der Waals surface area contributed by atoms with Crippen LogP contribution in [0.25, 0.3) is 0 Å². The van der Waals surface area contributed by atoms with Gasteiger partial charge in [0.1, 0.15) is 0 Å². The van der Waals surface area contributed by atoms with Crippen LogP contribution in [0.4, 0.5) is 0 Å². The maximum Gasteiger partial charge on any atom is 0.225 e. The van der Waals surface area contributed by atoms with E-state index in [1.54, 1.807) is 0 Å². The van der Waals surface area contributed by atoms with Crippen molar-refractivity contribution in [2.24, 2.45) is 11.8 Å². The van der Waals surface area contributed by atoms with Crippen LogP contribution in [0.5, 0.6) is 0 Å². The summed E-state index contributed by atoms with van der Waals surface area (Å²) in [5.74, 6) is 0.805. The van der Waals surface area contributed by atoms with Crippen molar-refractivity contribution in [3.8, 4) is 0 Å². The van der Waals surface area contributed by atoms with Crippen LogP contribution >= 0.6 is 0 Å². The van der Waals surface area contributed by atoms with Gasteiger partial charge in [0, 0.05) is 12.6 Å². The van der Waals surface area contributed by atoms with Gasteiger partial charge in [-0.05, 0) is 32.2 Å². The van der Waals surface area contributed by atoms with Gasteiger partial charge in [0.15, 0.2) is 0 Å². The Hall–Kier alpha value is -0.610. The molecule has 2 saturated heterocycles. The second-order valence-corrected chi connectivity index (χ2v) is 5.16. The molecule has 4 heteroatoms. The van der Waals surface area contributed by atoms with E-state index in [1.807, 2.05) is 6.92 Å². The van der Waals surface area contributed by atoms with Gasteiger partial charge < -0.3 is 15.4 Å². The maximum atomic E-state index is 12.0. The van der Waals surface area contributed by atoms with E-state index in [9.17, 15) is 4.79 Å². The molecule has 16 heavy (non-hydrogen) atoms. The highest BCUT2D eigenvalue weighted by molar-refractivity contribution is 5.79. The summed E-state index contributed by atoms with van der Waals surface area (Å²) in [5, 5.41) is 6.47. The summed E-state index contributed by atoms with van der Waals surface area (Å²) < 4.78 is 5.43. The van der Waals surface area contributed by atoms with E-state index < -0.39 is 0 Å². The number of carbonyl (C=O) groups excluding carboxylic acids is 1. The number of piperidine rings is 1. The lowest BCUT2D eigenvalue weighted by Crippen LogP contribution is -2.51. The van der Waals surface area contributed by atoms with Crippen molar-refractivity contribution in [2.45, 2.75) is 38.8 Å². The van der Waals surface area contributed by atoms with E-state index >= 15 is 0 Å². The Morgan fingerprint density at radius 2 is 2.25 bits per heavy atom. The first-order valence-electron chi connectivity index (χ1n) is 6.29. The molecule has 0 radical (unpaired) electrons. The number of nitrogens with one attached hydrogen (secondary N) is 2. The summed E-state index contributed by atoms with van der Waals surface area (Å²) in [7, 11) is 0. The molecule has 0 aliphatic carbocycles. The fraction of sp³-hybridized carbons (Fsp3) is 0.917. The second-order valence-electron chi connectivity index (χ2n) is 5.16. The SMILES string of the molecule is CC1CC(C(=O)NC2CNCCC2C)CO1. The highest BCUT2D eigenvalue weighted by Crippen LogP contribution is 2.20. The van der Waals surface area contributed by atoms with Crippen molar-refractivity contribution in [1.82, 2.24) is 10.6 Å². The fourth-order valence-electron chi connectivity index (χ4n) is 2.48. The van der Waals surface area contributed by atoms with Crippen molar-refractivity contribution in [3.63, 3.8) is 0 Å². The van der Waals surface area contributed by atoms with Gasteiger partial charge >= 0.3 is 0 Å². The molecule has 2 N–H and O–H groups in total. The number of hydrogen-bond acceptors (Lipinski definition) is 3. The smallest absolute Gasteiger partial charge is 0.225 e. The predicted octanol–water partition coefficient (Wildman–Crippen LogP) is 0.526. The molecule has 0 bridgehead atoms. The third-order valence-corrected chi connectivity index (χ3v) is 3.72. The molecule has 1 amide bonds. The van der Waals surface area contributed by atoms with Gasteiger partial charge in [-0.25, -0.2) is 0 Å². The molecule has 2 aliphatic heterocycles. The van der Waals surface area contributed by atoms with Crippen LogP contribution in [0.15, 0.2) is 0 Å². The van der Waals surface area contributed by atoms with Crippen LogP contribution in [0, 0.1) is 11.8 Å². The molecule has 0 saturated carbocycles. The summed E-state index contributed by atoms with van der Waals surface area (Å²) in [6.07, 6.45) is 2.24. The number of rotatable bonds is 2. The van der Waals surface area contributed by atoms with Crippen molar-refractivity contribution >= 4 is 5.91 Å². The molecule has 4 atom stereocenters. The van der Waals surface area contributed by atoms with Gasteiger partial charge in [0.25, 0.3) is 0 Å². The van der Waals surface area contributed by atoms with Crippen LogP contribution in [0.3, 0.4) is 0 Å². The van der Waals surface area contributed by atoms with Crippen molar-refractivity contribution in [2.75, 3.05) is 19.7 Å². The van der Waals surface area contributed by atoms with E-state index in [0.29, 0.717) is 12.5 Å². The molecule has 4 nitrogen and oxygen atoms in total. The third kappa shape index (κ3) is 2.74. The summed E-state index contributed by atoms with van der Waals surface area (Å²) in [6.45, 7) is 6.78. The number of hydrogen-bond donors (Lipinski definition) is 2. The largest absolute Gasteiger partial charge is 0.378 e. The first-order valence-corrected chi connectivity index (χ1v) is 6.29. The molecule has 0 spiro atoms. The molecule has 0 aromatic carbocycles. The molecule has 2 fully saturated rings. The fourth-order valence-corrected chi connectivity index (χ4v) is 2.48. The van der Waals surface area contributed by atoms with Crippen molar-refractivity contribution < 1.29 is 9.53 Å². The van der Waals surface area contributed by atoms with E-state index in [-0.39, 0.29) is 24.0 Å². The lowest BCUT2D eigenvalue weighted by molar-refractivity contribution is -0.126. The van der Waals surface area contributed by atoms with E-state index in [1.165, 1.54) is 0 Å². The van der Waals surface area contributed by atoms with Crippen LogP contribution in [-0.2, 0) is 9.53 Å². The zero-order chi connectivity index (χ0) is 11.5. The second kappa shape index (κ2) is 5.15. The zero-order valence-electron chi connectivity index (χ0n) is 10.2. The van der Waals surface area contributed by atoms with E-state index in [0.717, 1.165) is 25.9 Å². The lowest BCUT2D eigenvalue weighted by atomic mass is 9.94. The number of ether oxygens (including phenoxy) is 1. The van der Waals surface area contributed by atoms with Crippen LogP contribution in [0.2, 0.25) is 0 Å². The Labute approximate surface area is 97.1 Å². The molecule has 2 rings (SSSR count). The molecule has 0 aromatic heterocycles. The lowest BCUT2D eigenvalue weighted by Gasteiger charge is -2.30. The molecular formula is C12H22N2O2. The molecule has 2 heterocycles.